The standard InChI is InChI=1S/C31H32N2O2/c1-21-15-16-26(18-29(21)31(34)35-3)33-20-23(17-25-10-5-7-14-30(25)33)19-32-22(2)27-13-8-11-24-9-4-6-12-28(24)27/h4-16,18,22-23,32H,17,19-20H2,1-3H3/t22-,23?/m1/s1. The van der Waals surface area contributed by atoms with Crippen molar-refractivity contribution in [1.29, 1.82) is 0 Å². The molecule has 1 aliphatic heterocycles. The van der Waals surface area contributed by atoms with Crippen LogP contribution in [0.15, 0.2) is 84.9 Å². The van der Waals surface area contributed by atoms with Crippen LogP contribution in [-0.2, 0) is 11.2 Å². The summed E-state index contributed by atoms with van der Waals surface area (Å²) < 4.78 is 5.02. The molecule has 35 heavy (non-hydrogen) atoms. The van der Waals surface area contributed by atoms with Crippen molar-refractivity contribution in [1.82, 2.24) is 5.32 Å². The van der Waals surface area contributed by atoms with Crippen molar-refractivity contribution in [2.24, 2.45) is 5.92 Å². The highest BCUT2D eigenvalue weighted by atomic mass is 16.5. The molecule has 178 valence electrons. The van der Waals surface area contributed by atoms with Crippen LogP contribution in [0.5, 0.6) is 0 Å². The van der Waals surface area contributed by atoms with E-state index < -0.39 is 0 Å². The number of ether oxygens (including phenoxy) is 1. The van der Waals surface area contributed by atoms with Crippen LogP contribution in [0.1, 0.15) is 40.0 Å². The average molecular weight is 465 g/mol. The van der Waals surface area contributed by atoms with Crippen LogP contribution >= 0.6 is 0 Å². The van der Waals surface area contributed by atoms with Crippen LogP contribution in [-0.4, -0.2) is 26.2 Å². The molecule has 4 aromatic carbocycles. The number of esters is 1. The number of hydrogen-bond donors (Lipinski definition) is 1. The molecule has 1 aliphatic rings. The topological polar surface area (TPSA) is 41.6 Å². The molecule has 2 atom stereocenters. The van der Waals surface area contributed by atoms with Crippen LogP contribution < -0.4 is 10.2 Å². The molecule has 0 aromatic heterocycles. The van der Waals surface area contributed by atoms with Gasteiger partial charge in [0, 0.05) is 30.5 Å². The van der Waals surface area contributed by atoms with Crippen molar-refractivity contribution in [3.8, 4) is 0 Å². The van der Waals surface area contributed by atoms with Crippen molar-refractivity contribution in [2.75, 3.05) is 25.1 Å². The zero-order chi connectivity index (χ0) is 24.4. The second kappa shape index (κ2) is 9.93. The Balaban J connectivity index is 1.39. The van der Waals surface area contributed by atoms with Gasteiger partial charge < -0.3 is 15.0 Å². The molecule has 0 amide bonds. The number of carbonyl (C=O) groups excluding carboxylic acids is 1. The maximum Gasteiger partial charge on any atom is 0.338 e. The molecule has 0 bridgehead atoms. The Hall–Kier alpha value is -3.63. The average Bonchev–Trinajstić information content (AvgIpc) is 2.90. The third-order valence-corrected chi connectivity index (χ3v) is 7.17. The lowest BCUT2D eigenvalue weighted by atomic mass is 9.91. The predicted molar refractivity (Wildman–Crippen MR) is 144 cm³/mol. The van der Waals surface area contributed by atoms with Gasteiger partial charge in [-0.2, -0.15) is 0 Å². The Morgan fingerprint density at radius 2 is 1.80 bits per heavy atom. The van der Waals surface area contributed by atoms with E-state index in [1.807, 2.05) is 19.1 Å². The molecule has 0 spiro atoms. The fourth-order valence-electron chi connectivity index (χ4n) is 5.25. The highest BCUT2D eigenvalue weighted by molar-refractivity contribution is 5.92. The molecule has 0 aliphatic carbocycles. The van der Waals surface area contributed by atoms with E-state index in [-0.39, 0.29) is 12.0 Å². The summed E-state index contributed by atoms with van der Waals surface area (Å²) in [6, 6.07) is 30.0. The number of hydrogen-bond acceptors (Lipinski definition) is 4. The molecule has 0 radical (unpaired) electrons. The summed E-state index contributed by atoms with van der Waals surface area (Å²) in [5.74, 6) is 0.141. The van der Waals surface area contributed by atoms with E-state index >= 15 is 0 Å². The van der Waals surface area contributed by atoms with Gasteiger partial charge in [0.1, 0.15) is 0 Å². The zero-order valence-electron chi connectivity index (χ0n) is 20.6. The first-order valence-electron chi connectivity index (χ1n) is 12.3. The Bertz CT molecular complexity index is 1360. The van der Waals surface area contributed by atoms with Crippen LogP contribution in [0.4, 0.5) is 11.4 Å². The lowest BCUT2D eigenvalue weighted by Gasteiger charge is -2.37. The van der Waals surface area contributed by atoms with Crippen LogP contribution in [0.3, 0.4) is 0 Å². The minimum Gasteiger partial charge on any atom is -0.465 e. The number of nitrogens with zero attached hydrogens (tertiary/aromatic N) is 1. The summed E-state index contributed by atoms with van der Waals surface area (Å²) >= 11 is 0. The molecular formula is C31H32N2O2. The fourth-order valence-corrected chi connectivity index (χ4v) is 5.25. The van der Waals surface area contributed by atoms with Gasteiger partial charge in [-0.3, -0.25) is 0 Å². The highest BCUT2D eigenvalue weighted by Crippen LogP contribution is 2.36. The normalized spacial score (nSPS) is 16.1. The number of nitrogens with one attached hydrogen (secondary N) is 1. The van der Waals surface area contributed by atoms with Gasteiger partial charge in [0.25, 0.3) is 0 Å². The second-order valence-corrected chi connectivity index (χ2v) is 9.50. The molecular weight excluding hydrogens is 432 g/mol. The number of anilines is 2. The monoisotopic (exact) mass is 464 g/mol. The lowest BCUT2D eigenvalue weighted by molar-refractivity contribution is 0.0600. The largest absolute Gasteiger partial charge is 0.465 e. The van der Waals surface area contributed by atoms with E-state index in [1.54, 1.807) is 0 Å². The van der Waals surface area contributed by atoms with Gasteiger partial charge in [0.15, 0.2) is 0 Å². The minimum absolute atomic E-state index is 0.247. The molecule has 5 rings (SSSR count). The summed E-state index contributed by atoms with van der Waals surface area (Å²) in [5.41, 5.74) is 6.45. The number of fused-ring (bicyclic) bond motifs is 2. The number of carbonyl (C=O) groups is 1. The molecule has 4 heteroatoms. The first kappa shape index (κ1) is 23.1. The van der Waals surface area contributed by atoms with Gasteiger partial charge in [-0.15, -0.1) is 0 Å². The lowest BCUT2D eigenvalue weighted by Crippen LogP contribution is -2.38. The maximum atomic E-state index is 12.3. The Morgan fingerprint density at radius 1 is 1.03 bits per heavy atom. The molecule has 1 N–H and O–H groups in total. The molecule has 4 nitrogen and oxygen atoms in total. The van der Waals surface area contributed by atoms with Gasteiger partial charge in [-0.1, -0.05) is 66.7 Å². The van der Waals surface area contributed by atoms with E-state index in [2.05, 4.69) is 89.9 Å². The highest BCUT2D eigenvalue weighted by Gasteiger charge is 2.26. The van der Waals surface area contributed by atoms with Gasteiger partial charge >= 0.3 is 5.97 Å². The first-order valence-corrected chi connectivity index (χ1v) is 12.3. The zero-order valence-corrected chi connectivity index (χ0v) is 20.6. The molecule has 1 unspecified atom stereocenters. The fraction of sp³-hybridized carbons (Fsp3) is 0.258. The quantitative estimate of drug-likeness (QED) is 0.327. The van der Waals surface area contributed by atoms with Crippen molar-refractivity contribution in [3.63, 3.8) is 0 Å². The summed E-state index contributed by atoms with van der Waals surface area (Å²) in [4.78, 5) is 14.7. The third-order valence-electron chi connectivity index (χ3n) is 7.17. The van der Waals surface area contributed by atoms with E-state index in [0.29, 0.717) is 11.5 Å². The van der Waals surface area contributed by atoms with Crippen molar-refractivity contribution < 1.29 is 9.53 Å². The minimum atomic E-state index is -0.295. The Morgan fingerprint density at radius 3 is 2.66 bits per heavy atom. The number of benzene rings is 4. The Labute approximate surface area is 207 Å². The van der Waals surface area contributed by atoms with Gasteiger partial charge in [0.05, 0.1) is 12.7 Å². The van der Waals surface area contributed by atoms with E-state index in [1.165, 1.54) is 34.7 Å². The second-order valence-electron chi connectivity index (χ2n) is 9.50. The first-order chi connectivity index (χ1) is 17.0. The van der Waals surface area contributed by atoms with E-state index in [9.17, 15) is 4.79 Å². The third kappa shape index (κ3) is 4.67. The van der Waals surface area contributed by atoms with Crippen LogP contribution in [0, 0.1) is 12.8 Å². The van der Waals surface area contributed by atoms with Crippen LogP contribution in [0.2, 0.25) is 0 Å². The summed E-state index contributed by atoms with van der Waals surface area (Å²) in [7, 11) is 1.43. The van der Waals surface area contributed by atoms with E-state index in [0.717, 1.165) is 30.8 Å². The smallest absolute Gasteiger partial charge is 0.338 e. The van der Waals surface area contributed by atoms with Crippen molar-refractivity contribution in [2.45, 2.75) is 26.3 Å². The predicted octanol–water partition coefficient (Wildman–Crippen LogP) is 6.60. The molecule has 0 saturated carbocycles. The van der Waals surface area contributed by atoms with Gasteiger partial charge in [-0.25, -0.2) is 4.79 Å². The molecule has 0 fully saturated rings. The maximum absolute atomic E-state index is 12.3. The summed E-state index contributed by atoms with van der Waals surface area (Å²) in [5, 5.41) is 6.39. The van der Waals surface area contributed by atoms with Crippen LogP contribution in [0.25, 0.3) is 10.8 Å². The molecule has 0 saturated heterocycles. The molecule has 4 aromatic rings. The van der Waals surface area contributed by atoms with Gasteiger partial charge in [0.2, 0.25) is 0 Å². The number of rotatable bonds is 6. The number of para-hydroxylation sites is 1. The summed E-state index contributed by atoms with van der Waals surface area (Å²) in [6.07, 6.45) is 1.03. The number of methoxy groups -OCH3 is 1. The van der Waals surface area contributed by atoms with Gasteiger partial charge in [-0.05, 0) is 71.8 Å². The summed E-state index contributed by atoms with van der Waals surface area (Å²) in [6.45, 7) is 5.99. The molecule has 1 heterocycles. The van der Waals surface area contributed by atoms with Crippen molar-refractivity contribution >= 4 is 28.1 Å². The van der Waals surface area contributed by atoms with E-state index in [4.69, 9.17) is 4.74 Å². The SMILES string of the molecule is COC(=O)c1cc(N2CC(CN[C@H](C)c3cccc4ccccc34)Cc3ccccc32)ccc1C. The number of aryl methyl sites for hydroxylation is 1. The van der Waals surface area contributed by atoms with Crippen molar-refractivity contribution in [3.05, 3.63) is 107 Å². The Kier molecular flexibility index (Phi) is 6.56.